The second kappa shape index (κ2) is 7.70. The van der Waals surface area contributed by atoms with Crippen LogP contribution in [0.4, 0.5) is 0 Å². The Morgan fingerprint density at radius 1 is 1.27 bits per heavy atom. The fourth-order valence-corrected chi connectivity index (χ4v) is 4.51. The second-order valence-electron chi connectivity index (χ2n) is 7.92. The summed E-state index contributed by atoms with van der Waals surface area (Å²) in [7, 11) is 1.65. The number of aromatic nitrogens is 1. The van der Waals surface area contributed by atoms with E-state index in [0.717, 1.165) is 33.3 Å². The van der Waals surface area contributed by atoms with Gasteiger partial charge in [0.05, 0.1) is 31.4 Å². The average Bonchev–Trinajstić information content (AvgIpc) is 3.11. The summed E-state index contributed by atoms with van der Waals surface area (Å²) in [6.45, 7) is 1.35. The quantitative estimate of drug-likeness (QED) is 0.724. The molecule has 1 N–H and O–H groups in total. The molecule has 5 rings (SSSR count). The van der Waals surface area contributed by atoms with Crippen molar-refractivity contribution in [1.82, 2.24) is 9.88 Å². The summed E-state index contributed by atoms with van der Waals surface area (Å²) >= 11 is 0. The number of benzene rings is 2. The topological polar surface area (TPSA) is 71.9 Å². The number of fused-ring (bicyclic) bond motifs is 3. The van der Waals surface area contributed by atoms with Crippen molar-refractivity contribution in [3.8, 4) is 5.75 Å². The zero-order chi connectivity index (χ0) is 20.7. The maximum atomic E-state index is 13.3. The standard InChI is InChI=1S/C24H24N2O4/c1-29-17-6-4-15(5-7-17)11-16-12-19-20(23-18(16)3-2-9-25-23)13-26(24(19)28)21-14-30-10-8-22(21)27/h2-7,9,12,21-22,27H,8,10-11,13-14H2,1H3. The van der Waals surface area contributed by atoms with E-state index < -0.39 is 6.10 Å². The highest BCUT2D eigenvalue weighted by Crippen LogP contribution is 2.35. The predicted octanol–water partition coefficient (Wildman–Crippen LogP) is 2.94. The van der Waals surface area contributed by atoms with E-state index in [9.17, 15) is 9.90 Å². The Hall–Kier alpha value is -2.96. The Morgan fingerprint density at radius 2 is 2.10 bits per heavy atom. The highest BCUT2D eigenvalue weighted by Gasteiger charge is 2.39. The number of carbonyl (C=O) groups excluding carboxylic acids is 1. The molecule has 3 aromatic rings. The number of carbonyl (C=O) groups is 1. The number of hydrogen-bond acceptors (Lipinski definition) is 5. The summed E-state index contributed by atoms with van der Waals surface area (Å²) in [5.74, 6) is 0.765. The fourth-order valence-electron chi connectivity index (χ4n) is 4.51. The SMILES string of the molecule is COc1ccc(Cc2cc3c(c4ncccc24)CN(C2COCCC2O)C3=O)cc1. The fraction of sp³-hybridized carbons (Fsp3) is 0.333. The van der Waals surface area contributed by atoms with Crippen LogP contribution in [0.15, 0.2) is 48.7 Å². The van der Waals surface area contributed by atoms with Gasteiger partial charge in [-0.1, -0.05) is 18.2 Å². The summed E-state index contributed by atoms with van der Waals surface area (Å²) in [4.78, 5) is 19.7. The summed E-state index contributed by atoms with van der Waals surface area (Å²) in [6, 6.07) is 13.6. The second-order valence-corrected chi connectivity index (χ2v) is 7.92. The van der Waals surface area contributed by atoms with Crippen molar-refractivity contribution in [2.24, 2.45) is 0 Å². The lowest BCUT2D eigenvalue weighted by Crippen LogP contribution is -2.49. The highest BCUT2D eigenvalue weighted by molar-refractivity contribution is 6.04. The number of amides is 1. The van der Waals surface area contributed by atoms with Crippen LogP contribution >= 0.6 is 0 Å². The smallest absolute Gasteiger partial charge is 0.255 e. The molecule has 0 spiro atoms. The molecule has 1 amide bonds. The van der Waals surface area contributed by atoms with Crippen LogP contribution in [-0.2, 0) is 17.7 Å². The first-order chi connectivity index (χ1) is 14.7. The highest BCUT2D eigenvalue weighted by atomic mass is 16.5. The van der Waals surface area contributed by atoms with Gasteiger partial charge in [0.15, 0.2) is 0 Å². The lowest BCUT2D eigenvalue weighted by molar-refractivity contribution is -0.0528. The minimum Gasteiger partial charge on any atom is -0.497 e. The Balaban J connectivity index is 1.54. The van der Waals surface area contributed by atoms with Crippen molar-refractivity contribution in [3.05, 3.63) is 70.9 Å². The number of pyridine rings is 1. The van der Waals surface area contributed by atoms with Crippen LogP contribution in [0.2, 0.25) is 0 Å². The van der Waals surface area contributed by atoms with E-state index in [1.165, 1.54) is 0 Å². The average molecular weight is 404 g/mol. The van der Waals surface area contributed by atoms with Gasteiger partial charge in [0.1, 0.15) is 5.75 Å². The molecule has 30 heavy (non-hydrogen) atoms. The Bertz CT molecular complexity index is 1100. The molecule has 2 unspecified atom stereocenters. The molecule has 1 fully saturated rings. The maximum Gasteiger partial charge on any atom is 0.255 e. The zero-order valence-corrected chi connectivity index (χ0v) is 16.9. The zero-order valence-electron chi connectivity index (χ0n) is 16.9. The van der Waals surface area contributed by atoms with E-state index in [-0.39, 0.29) is 11.9 Å². The minimum absolute atomic E-state index is 0.0527. The van der Waals surface area contributed by atoms with Gasteiger partial charge >= 0.3 is 0 Å². The maximum absolute atomic E-state index is 13.3. The molecule has 1 saturated heterocycles. The van der Waals surface area contributed by atoms with Gasteiger partial charge < -0.3 is 19.5 Å². The van der Waals surface area contributed by atoms with Crippen LogP contribution in [0.25, 0.3) is 10.9 Å². The first kappa shape index (κ1) is 19.0. The summed E-state index contributed by atoms with van der Waals surface area (Å²) in [5, 5.41) is 11.5. The van der Waals surface area contributed by atoms with E-state index in [4.69, 9.17) is 9.47 Å². The molecule has 0 saturated carbocycles. The van der Waals surface area contributed by atoms with Gasteiger partial charge in [0.2, 0.25) is 0 Å². The van der Waals surface area contributed by atoms with Gasteiger partial charge in [0, 0.05) is 35.9 Å². The Labute approximate surface area is 175 Å². The third-order valence-electron chi connectivity index (χ3n) is 6.15. The van der Waals surface area contributed by atoms with Crippen LogP contribution in [0.3, 0.4) is 0 Å². The molecule has 0 bridgehead atoms. The van der Waals surface area contributed by atoms with Crippen LogP contribution in [0, 0.1) is 0 Å². The molecule has 154 valence electrons. The largest absolute Gasteiger partial charge is 0.497 e. The van der Waals surface area contributed by atoms with Crippen LogP contribution in [0.1, 0.15) is 33.5 Å². The van der Waals surface area contributed by atoms with Gasteiger partial charge in [-0.2, -0.15) is 0 Å². The molecule has 2 aliphatic rings. The van der Waals surface area contributed by atoms with Gasteiger partial charge in [-0.15, -0.1) is 0 Å². The molecule has 2 aliphatic heterocycles. The van der Waals surface area contributed by atoms with Gasteiger partial charge in [-0.3, -0.25) is 9.78 Å². The van der Waals surface area contributed by atoms with Crippen molar-refractivity contribution >= 4 is 16.8 Å². The number of methoxy groups -OCH3 is 1. The molecule has 2 aromatic carbocycles. The van der Waals surface area contributed by atoms with E-state index >= 15 is 0 Å². The van der Waals surface area contributed by atoms with E-state index in [1.807, 2.05) is 36.4 Å². The molecular weight excluding hydrogens is 380 g/mol. The minimum atomic E-state index is -0.560. The van der Waals surface area contributed by atoms with Crippen molar-refractivity contribution in [3.63, 3.8) is 0 Å². The number of rotatable bonds is 4. The Kier molecular flexibility index (Phi) is 4.89. The van der Waals surface area contributed by atoms with Crippen molar-refractivity contribution < 1.29 is 19.4 Å². The summed E-state index contributed by atoms with van der Waals surface area (Å²) in [6.07, 6.45) is 2.45. The van der Waals surface area contributed by atoms with Crippen molar-refractivity contribution in [2.75, 3.05) is 20.3 Å². The lowest BCUT2D eigenvalue weighted by atomic mass is 9.95. The van der Waals surface area contributed by atoms with Gasteiger partial charge in [-0.05, 0) is 48.2 Å². The molecule has 0 aliphatic carbocycles. The van der Waals surface area contributed by atoms with Crippen molar-refractivity contribution in [2.45, 2.75) is 31.5 Å². The molecular formula is C24H24N2O4. The monoisotopic (exact) mass is 404 g/mol. The molecule has 2 atom stereocenters. The molecule has 6 nitrogen and oxygen atoms in total. The first-order valence-corrected chi connectivity index (χ1v) is 10.2. The van der Waals surface area contributed by atoms with Crippen molar-refractivity contribution in [1.29, 1.82) is 0 Å². The van der Waals surface area contributed by atoms with E-state index in [0.29, 0.717) is 38.2 Å². The van der Waals surface area contributed by atoms with E-state index in [2.05, 4.69) is 11.1 Å². The molecule has 6 heteroatoms. The Morgan fingerprint density at radius 3 is 2.87 bits per heavy atom. The summed E-state index contributed by atoms with van der Waals surface area (Å²) in [5.41, 5.74) is 4.69. The molecule has 0 radical (unpaired) electrons. The molecule has 1 aromatic heterocycles. The van der Waals surface area contributed by atoms with Crippen LogP contribution < -0.4 is 4.74 Å². The number of nitrogens with zero attached hydrogens (tertiary/aromatic N) is 2. The number of ether oxygens (including phenoxy) is 2. The predicted molar refractivity (Wildman–Crippen MR) is 113 cm³/mol. The summed E-state index contributed by atoms with van der Waals surface area (Å²) < 4.78 is 10.8. The third kappa shape index (κ3) is 3.22. The lowest BCUT2D eigenvalue weighted by Gasteiger charge is -2.34. The van der Waals surface area contributed by atoms with Gasteiger partial charge in [0.25, 0.3) is 5.91 Å². The van der Waals surface area contributed by atoms with Crippen LogP contribution in [-0.4, -0.2) is 53.4 Å². The molecule has 3 heterocycles. The third-order valence-corrected chi connectivity index (χ3v) is 6.15. The van der Waals surface area contributed by atoms with E-state index in [1.54, 1.807) is 18.2 Å². The van der Waals surface area contributed by atoms with Gasteiger partial charge in [-0.25, -0.2) is 0 Å². The van der Waals surface area contributed by atoms with Crippen LogP contribution in [0.5, 0.6) is 5.75 Å². The number of aliphatic hydroxyl groups excluding tert-OH is 1. The normalized spacial score (nSPS) is 21.1. The first-order valence-electron chi connectivity index (χ1n) is 10.2. The number of aliphatic hydroxyl groups is 1. The number of hydrogen-bond donors (Lipinski definition) is 1.